The highest BCUT2D eigenvalue weighted by molar-refractivity contribution is 5.81. The molecule has 0 aromatic rings. The highest BCUT2D eigenvalue weighted by Crippen LogP contribution is 2.23. The fraction of sp³-hybridized carbons (Fsp3) is 0.793. The molecule has 0 saturated heterocycles. The molecule has 1 aliphatic rings. The van der Waals surface area contributed by atoms with Gasteiger partial charge in [0.2, 0.25) is 5.84 Å². The second-order valence-corrected chi connectivity index (χ2v) is 10.2. The summed E-state index contributed by atoms with van der Waals surface area (Å²) >= 11 is 0. The van der Waals surface area contributed by atoms with Gasteiger partial charge in [0.1, 0.15) is 12.4 Å². The molecule has 1 aliphatic heterocycles. The average Bonchev–Trinajstić information content (AvgIpc) is 3.20. The smallest absolute Gasteiger partial charge is 0.360 e. The predicted molar refractivity (Wildman–Crippen MR) is 146 cm³/mol. The van der Waals surface area contributed by atoms with Gasteiger partial charge in [0.25, 0.3) is 0 Å². The van der Waals surface area contributed by atoms with Crippen molar-refractivity contribution in [3.8, 4) is 0 Å². The Morgan fingerprint density at radius 2 is 1.35 bits per heavy atom. The topological polar surface area (TPSA) is 75.7 Å². The van der Waals surface area contributed by atoms with Gasteiger partial charge < -0.3 is 5.11 Å². The Morgan fingerprint density at radius 3 is 1.82 bits per heavy atom. The van der Waals surface area contributed by atoms with Crippen LogP contribution < -0.4 is 5.73 Å². The van der Waals surface area contributed by atoms with Crippen molar-refractivity contribution in [2.75, 3.05) is 6.54 Å². The van der Waals surface area contributed by atoms with Crippen LogP contribution in [0.15, 0.2) is 29.5 Å². The Labute approximate surface area is 210 Å². The number of allylic oxidation sites excluding steroid dienone is 2. The number of carboxylic acids is 1. The minimum atomic E-state index is -0.837. The molecule has 0 fully saturated rings. The molecule has 0 radical (unpaired) electrons. The summed E-state index contributed by atoms with van der Waals surface area (Å²) in [5, 5.41) is 9.28. The third kappa shape index (κ3) is 13.4. The second-order valence-electron chi connectivity index (χ2n) is 10.2. The fourth-order valence-electron chi connectivity index (χ4n) is 4.82. The molecule has 34 heavy (non-hydrogen) atoms. The van der Waals surface area contributed by atoms with Gasteiger partial charge in [0.05, 0.1) is 6.20 Å². The number of aliphatic carboxylic acids is 1. The maximum Gasteiger partial charge on any atom is 0.360 e. The summed E-state index contributed by atoms with van der Waals surface area (Å²) in [4.78, 5) is 15.7. The minimum Gasteiger partial charge on any atom is -0.477 e. The van der Waals surface area contributed by atoms with Crippen LogP contribution in [0.4, 0.5) is 0 Å². The number of aliphatic imine (C=N–C) groups is 1. The van der Waals surface area contributed by atoms with Crippen molar-refractivity contribution in [3.63, 3.8) is 0 Å². The maximum absolute atomic E-state index is 11.3. The van der Waals surface area contributed by atoms with Crippen LogP contribution >= 0.6 is 0 Å². The Morgan fingerprint density at radius 1 is 0.882 bits per heavy atom. The van der Waals surface area contributed by atoms with Crippen LogP contribution in [-0.4, -0.2) is 34.1 Å². The largest absolute Gasteiger partial charge is 0.477 e. The van der Waals surface area contributed by atoms with Gasteiger partial charge in [-0.25, -0.2) is 14.3 Å². The van der Waals surface area contributed by atoms with E-state index in [0.29, 0.717) is 0 Å². The summed E-state index contributed by atoms with van der Waals surface area (Å²) in [5.74, 6) is 0.0587. The zero-order valence-electron chi connectivity index (χ0n) is 22.4. The Balaban J connectivity index is 1.92. The van der Waals surface area contributed by atoms with Crippen LogP contribution in [-0.2, 0) is 4.79 Å². The minimum absolute atomic E-state index is 0.0264. The van der Waals surface area contributed by atoms with Gasteiger partial charge >= 0.3 is 5.97 Å². The van der Waals surface area contributed by atoms with Crippen LogP contribution in [0.3, 0.4) is 0 Å². The molecule has 0 aliphatic carbocycles. The van der Waals surface area contributed by atoms with E-state index < -0.39 is 5.97 Å². The van der Waals surface area contributed by atoms with Crippen molar-refractivity contribution < 1.29 is 14.4 Å². The molecule has 1 heterocycles. The van der Waals surface area contributed by atoms with Crippen LogP contribution in [0.25, 0.3) is 0 Å². The summed E-state index contributed by atoms with van der Waals surface area (Å²) < 4.78 is 0.170. The van der Waals surface area contributed by atoms with Crippen molar-refractivity contribution >= 4 is 11.8 Å². The van der Waals surface area contributed by atoms with E-state index in [1.54, 1.807) is 6.20 Å². The zero-order chi connectivity index (χ0) is 24.9. The van der Waals surface area contributed by atoms with E-state index >= 15 is 0 Å². The molecule has 5 nitrogen and oxygen atoms in total. The Hall–Kier alpha value is -1.46. The van der Waals surface area contributed by atoms with E-state index in [0.717, 1.165) is 18.7 Å². The van der Waals surface area contributed by atoms with Crippen LogP contribution in [0.2, 0.25) is 0 Å². The van der Waals surface area contributed by atoms with E-state index in [-0.39, 0.29) is 17.2 Å². The summed E-state index contributed by atoms with van der Waals surface area (Å²) in [5.41, 5.74) is 6.12. The molecule has 0 saturated carbocycles. The number of hydrogen-bond acceptors (Lipinski definition) is 3. The van der Waals surface area contributed by atoms with Gasteiger partial charge in [-0.3, -0.25) is 5.73 Å². The Kier molecular flexibility index (Phi) is 17.8. The second kappa shape index (κ2) is 19.8. The molecule has 5 heteroatoms. The standard InChI is InChI=1S/C29H53N3O2/c1-3-4-5-6-7-8-9-10-11-12-13-14-15-16-17-18-19-20-21-22-23-28-31-24-25-32(28,27(2)30)26-29(33)34/h12-13,24-25,27H,3-11,14-23,26,30H2,1-2H3/p+1/b13-12+. The normalized spacial score (nSPS) is 18.6. The summed E-state index contributed by atoms with van der Waals surface area (Å²) in [7, 11) is 0. The van der Waals surface area contributed by atoms with Crippen LogP contribution in [0.1, 0.15) is 136 Å². The van der Waals surface area contributed by atoms with Gasteiger partial charge in [-0.15, -0.1) is 0 Å². The number of quaternary nitrogens is 1. The molecular weight excluding hydrogens is 422 g/mol. The predicted octanol–water partition coefficient (Wildman–Crippen LogP) is 8.06. The molecule has 0 spiro atoms. The van der Waals surface area contributed by atoms with Crippen molar-refractivity contribution in [3.05, 3.63) is 24.6 Å². The van der Waals surface area contributed by atoms with Gasteiger partial charge in [0, 0.05) is 13.3 Å². The van der Waals surface area contributed by atoms with Crippen molar-refractivity contribution in [2.45, 2.75) is 142 Å². The van der Waals surface area contributed by atoms with Crippen LogP contribution in [0, 0.1) is 0 Å². The number of hydrogen-bond donors (Lipinski definition) is 2. The maximum atomic E-state index is 11.3. The first-order valence-corrected chi connectivity index (χ1v) is 14.3. The molecule has 2 unspecified atom stereocenters. The van der Waals surface area contributed by atoms with Gasteiger partial charge in [-0.1, -0.05) is 103 Å². The molecule has 0 aromatic carbocycles. The van der Waals surface area contributed by atoms with E-state index in [2.05, 4.69) is 24.1 Å². The SMILES string of the molecule is CCCCCCCCCC/C=C/CCCCCCCCCCC1=NC=C[N+]1(CC(=O)O)C(C)N. The van der Waals surface area contributed by atoms with Crippen molar-refractivity contribution in [2.24, 2.45) is 10.7 Å². The third-order valence-corrected chi connectivity index (χ3v) is 7.07. The molecule has 0 bridgehead atoms. The van der Waals surface area contributed by atoms with E-state index in [9.17, 15) is 9.90 Å². The van der Waals surface area contributed by atoms with Gasteiger partial charge in [0.15, 0.2) is 6.54 Å². The van der Waals surface area contributed by atoms with Crippen LogP contribution in [0.5, 0.6) is 0 Å². The highest BCUT2D eigenvalue weighted by atomic mass is 16.4. The number of unbranched alkanes of at least 4 members (excludes halogenated alkanes) is 16. The quantitative estimate of drug-likeness (QED) is 0.0889. The third-order valence-electron chi connectivity index (χ3n) is 7.07. The zero-order valence-corrected chi connectivity index (χ0v) is 22.4. The van der Waals surface area contributed by atoms with Gasteiger partial charge in [-0.2, -0.15) is 0 Å². The summed E-state index contributed by atoms with van der Waals surface area (Å²) in [6.45, 7) is 4.12. The average molecular weight is 477 g/mol. The van der Waals surface area contributed by atoms with E-state index in [4.69, 9.17) is 5.73 Å². The number of carboxylic acid groups (broad SMARTS) is 1. The molecular formula is C29H54N3O2+. The molecule has 196 valence electrons. The van der Waals surface area contributed by atoms with E-state index in [1.807, 2.05) is 13.1 Å². The lowest BCUT2D eigenvalue weighted by molar-refractivity contribution is -0.805. The first-order chi connectivity index (χ1) is 16.5. The monoisotopic (exact) mass is 476 g/mol. The molecule has 0 amide bonds. The number of rotatable bonds is 23. The highest BCUT2D eigenvalue weighted by Gasteiger charge is 2.40. The van der Waals surface area contributed by atoms with Crippen molar-refractivity contribution in [1.29, 1.82) is 0 Å². The first-order valence-electron chi connectivity index (χ1n) is 14.3. The molecule has 1 rings (SSSR count). The first kappa shape index (κ1) is 30.6. The fourth-order valence-corrected chi connectivity index (χ4v) is 4.82. The summed E-state index contributed by atoms with van der Waals surface area (Å²) in [6, 6.07) is 0. The Bertz CT molecular complexity index is 612. The number of amidine groups is 1. The summed E-state index contributed by atoms with van der Waals surface area (Å²) in [6.07, 6.45) is 32.7. The lowest BCUT2D eigenvalue weighted by Crippen LogP contribution is -2.59. The number of nitrogens with zero attached hydrogens (tertiary/aromatic N) is 2. The van der Waals surface area contributed by atoms with Crippen molar-refractivity contribution in [1.82, 2.24) is 0 Å². The number of carbonyl (C=O) groups is 1. The van der Waals surface area contributed by atoms with Gasteiger partial charge in [-0.05, 0) is 32.1 Å². The lowest BCUT2D eigenvalue weighted by Gasteiger charge is -2.34. The molecule has 3 N–H and O–H groups in total. The van der Waals surface area contributed by atoms with E-state index in [1.165, 1.54) is 109 Å². The number of nitrogens with two attached hydrogens (primary N) is 1. The molecule has 2 atom stereocenters. The lowest BCUT2D eigenvalue weighted by atomic mass is 10.1. The molecule has 0 aromatic heterocycles.